The van der Waals surface area contributed by atoms with Crippen molar-refractivity contribution >= 4 is 23.7 Å². The molecule has 1 aliphatic rings. The van der Waals surface area contributed by atoms with Gasteiger partial charge in [-0.05, 0) is 46.9 Å². The van der Waals surface area contributed by atoms with Crippen LogP contribution in [-0.2, 0) is 20.7 Å². The van der Waals surface area contributed by atoms with Crippen molar-refractivity contribution in [3.8, 4) is 11.1 Å². The van der Waals surface area contributed by atoms with Crippen molar-refractivity contribution in [2.75, 3.05) is 11.9 Å². The zero-order chi connectivity index (χ0) is 23.4. The lowest BCUT2D eigenvalue weighted by atomic mass is 9.98. The fraction of sp³-hybridized carbons (Fsp3) is 0.192. The third-order valence-electron chi connectivity index (χ3n) is 5.62. The number of ether oxygens (including phenoxy) is 1. The molecule has 33 heavy (non-hydrogen) atoms. The fourth-order valence-electron chi connectivity index (χ4n) is 4.07. The van der Waals surface area contributed by atoms with E-state index in [1.54, 1.807) is 31.2 Å². The van der Waals surface area contributed by atoms with E-state index >= 15 is 0 Å². The average molecular weight is 444 g/mol. The average Bonchev–Trinajstić information content (AvgIpc) is 3.11. The highest BCUT2D eigenvalue weighted by atomic mass is 16.5. The summed E-state index contributed by atoms with van der Waals surface area (Å²) in [4.78, 5) is 35.7. The van der Waals surface area contributed by atoms with E-state index in [1.807, 2.05) is 36.4 Å². The minimum absolute atomic E-state index is 0.0655. The van der Waals surface area contributed by atoms with E-state index in [9.17, 15) is 14.4 Å². The molecule has 3 aromatic rings. The number of anilines is 1. The molecule has 0 heterocycles. The SMILES string of the molecule is C[C@@H](NC(=O)OCC1c2ccccc2-c2ccccc21)C(=O)Nc1cccc(CC(=O)O)c1. The number of carboxylic acids is 1. The van der Waals surface area contributed by atoms with E-state index in [-0.39, 0.29) is 18.9 Å². The highest BCUT2D eigenvalue weighted by molar-refractivity contribution is 5.96. The van der Waals surface area contributed by atoms with Gasteiger partial charge >= 0.3 is 12.1 Å². The maximum atomic E-state index is 12.5. The van der Waals surface area contributed by atoms with E-state index in [4.69, 9.17) is 9.84 Å². The largest absolute Gasteiger partial charge is 0.481 e. The summed E-state index contributed by atoms with van der Waals surface area (Å²) in [5.74, 6) is -1.45. The highest BCUT2D eigenvalue weighted by Gasteiger charge is 2.29. The van der Waals surface area contributed by atoms with Crippen molar-refractivity contribution < 1.29 is 24.2 Å². The first-order valence-corrected chi connectivity index (χ1v) is 10.7. The maximum Gasteiger partial charge on any atom is 0.407 e. The molecular weight excluding hydrogens is 420 g/mol. The van der Waals surface area contributed by atoms with Crippen LogP contribution in [0.25, 0.3) is 11.1 Å². The van der Waals surface area contributed by atoms with Gasteiger partial charge in [-0.25, -0.2) is 4.79 Å². The number of nitrogens with one attached hydrogen (secondary N) is 2. The number of benzene rings is 3. The lowest BCUT2D eigenvalue weighted by Crippen LogP contribution is -2.42. The van der Waals surface area contributed by atoms with Crippen LogP contribution in [0.3, 0.4) is 0 Å². The van der Waals surface area contributed by atoms with Gasteiger partial charge in [-0.1, -0.05) is 60.7 Å². The lowest BCUT2D eigenvalue weighted by molar-refractivity contribution is -0.136. The molecule has 0 unspecified atom stereocenters. The standard InChI is InChI=1S/C26H24N2O5/c1-16(25(31)28-18-8-6-7-17(13-18)14-24(29)30)27-26(32)33-15-23-21-11-4-2-9-19(21)20-10-3-5-12-22(20)23/h2-13,16,23H,14-15H2,1H3,(H,27,32)(H,28,31)(H,29,30)/t16-/m1/s1. The number of fused-ring (bicyclic) bond motifs is 3. The molecule has 0 fully saturated rings. The number of alkyl carbamates (subject to hydrolysis) is 1. The summed E-state index contributed by atoms with van der Waals surface area (Å²) in [6, 6.07) is 21.8. The first kappa shape index (κ1) is 22.1. The van der Waals surface area contributed by atoms with Crippen molar-refractivity contribution in [2.24, 2.45) is 0 Å². The lowest BCUT2D eigenvalue weighted by Gasteiger charge is -2.17. The van der Waals surface area contributed by atoms with Crippen molar-refractivity contribution in [1.82, 2.24) is 5.32 Å². The van der Waals surface area contributed by atoms with Crippen LogP contribution in [0.4, 0.5) is 10.5 Å². The number of carbonyl (C=O) groups excluding carboxylic acids is 2. The minimum atomic E-state index is -0.955. The second-order valence-corrected chi connectivity index (χ2v) is 7.95. The molecule has 1 aliphatic carbocycles. The highest BCUT2D eigenvalue weighted by Crippen LogP contribution is 2.44. The summed E-state index contributed by atoms with van der Waals surface area (Å²) >= 11 is 0. The molecule has 0 bridgehead atoms. The van der Waals surface area contributed by atoms with E-state index in [0.717, 1.165) is 22.3 Å². The van der Waals surface area contributed by atoms with Crippen LogP contribution in [0.15, 0.2) is 72.8 Å². The van der Waals surface area contributed by atoms with Gasteiger partial charge in [0.2, 0.25) is 5.91 Å². The Kier molecular flexibility index (Phi) is 6.40. The van der Waals surface area contributed by atoms with E-state index in [2.05, 4.69) is 22.8 Å². The minimum Gasteiger partial charge on any atom is -0.481 e. The van der Waals surface area contributed by atoms with Crippen molar-refractivity contribution in [2.45, 2.75) is 25.3 Å². The maximum absolute atomic E-state index is 12.5. The van der Waals surface area contributed by atoms with Crippen molar-refractivity contribution in [3.63, 3.8) is 0 Å². The van der Waals surface area contributed by atoms with Crippen LogP contribution in [0.1, 0.15) is 29.5 Å². The molecule has 0 aliphatic heterocycles. The third-order valence-corrected chi connectivity index (χ3v) is 5.62. The molecule has 2 amide bonds. The Hall–Kier alpha value is -4.13. The number of carbonyl (C=O) groups is 3. The Balaban J connectivity index is 1.34. The van der Waals surface area contributed by atoms with Crippen LogP contribution in [-0.4, -0.2) is 35.7 Å². The van der Waals surface area contributed by atoms with Crippen LogP contribution in [0, 0.1) is 0 Å². The summed E-state index contributed by atoms with van der Waals surface area (Å²) in [7, 11) is 0. The van der Waals surface area contributed by atoms with Gasteiger partial charge in [0.25, 0.3) is 0 Å². The normalized spacial score (nSPS) is 12.9. The molecule has 0 saturated carbocycles. The van der Waals surface area contributed by atoms with Crippen LogP contribution in [0.5, 0.6) is 0 Å². The van der Waals surface area contributed by atoms with E-state index in [0.29, 0.717) is 11.3 Å². The zero-order valence-corrected chi connectivity index (χ0v) is 18.1. The van der Waals surface area contributed by atoms with E-state index in [1.165, 1.54) is 0 Å². The fourth-order valence-corrected chi connectivity index (χ4v) is 4.07. The van der Waals surface area contributed by atoms with Gasteiger partial charge in [0.05, 0.1) is 6.42 Å². The van der Waals surface area contributed by atoms with Gasteiger partial charge < -0.3 is 20.5 Å². The Morgan fingerprint density at radius 1 is 0.939 bits per heavy atom. The second-order valence-electron chi connectivity index (χ2n) is 7.95. The summed E-state index contributed by atoms with van der Waals surface area (Å²) in [5.41, 5.74) is 5.52. The number of hydrogen-bond donors (Lipinski definition) is 3. The molecule has 0 spiro atoms. The Bertz CT molecular complexity index is 1160. The van der Waals surface area contributed by atoms with Gasteiger partial charge in [-0.2, -0.15) is 0 Å². The topological polar surface area (TPSA) is 105 Å². The second kappa shape index (κ2) is 9.56. The summed E-state index contributed by atoms with van der Waals surface area (Å²) in [5, 5.41) is 14.1. The molecular formula is C26H24N2O5. The molecule has 3 aromatic carbocycles. The molecule has 4 rings (SSSR count). The van der Waals surface area contributed by atoms with Crippen LogP contribution < -0.4 is 10.6 Å². The number of aliphatic carboxylic acids is 1. The molecule has 3 N–H and O–H groups in total. The van der Waals surface area contributed by atoms with Gasteiger partial charge in [0.1, 0.15) is 12.6 Å². The Morgan fingerprint density at radius 3 is 2.21 bits per heavy atom. The van der Waals surface area contributed by atoms with Gasteiger partial charge in [0, 0.05) is 11.6 Å². The Morgan fingerprint density at radius 2 is 1.58 bits per heavy atom. The summed E-state index contributed by atoms with van der Waals surface area (Å²) in [6.07, 6.45) is -0.823. The van der Waals surface area contributed by atoms with Crippen molar-refractivity contribution in [1.29, 1.82) is 0 Å². The van der Waals surface area contributed by atoms with Gasteiger partial charge in [-0.15, -0.1) is 0 Å². The van der Waals surface area contributed by atoms with Crippen LogP contribution >= 0.6 is 0 Å². The van der Waals surface area contributed by atoms with Crippen molar-refractivity contribution in [3.05, 3.63) is 89.5 Å². The molecule has 7 nitrogen and oxygen atoms in total. The van der Waals surface area contributed by atoms with Gasteiger partial charge in [0.15, 0.2) is 0 Å². The molecule has 168 valence electrons. The molecule has 0 aromatic heterocycles. The predicted octanol–water partition coefficient (Wildman–Crippen LogP) is 4.18. The quantitative estimate of drug-likeness (QED) is 0.507. The molecule has 7 heteroatoms. The summed E-state index contributed by atoms with van der Waals surface area (Å²) < 4.78 is 5.48. The number of carboxylic acid groups (broad SMARTS) is 1. The predicted molar refractivity (Wildman–Crippen MR) is 124 cm³/mol. The monoisotopic (exact) mass is 444 g/mol. The number of hydrogen-bond acceptors (Lipinski definition) is 4. The smallest absolute Gasteiger partial charge is 0.407 e. The van der Waals surface area contributed by atoms with Gasteiger partial charge in [-0.3, -0.25) is 9.59 Å². The summed E-state index contributed by atoms with van der Waals surface area (Å²) in [6.45, 7) is 1.71. The van der Waals surface area contributed by atoms with Crippen LogP contribution in [0.2, 0.25) is 0 Å². The Labute approximate surface area is 191 Å². The first-order chi connectivity index (χ1) is 15.9. The third kappa shape index (κ3) is 5.03. The first-order valence-electron chi connectivity index (χ1n) is 10.7. The number of amides is 2. The molecule has 0 saturated heterocycles. The number of rotatable bonds is 7. The molecule has 0 radical (unpaired) electrons. The molecule has 1 atom stereocenters. The van der Waals surface area contributed by atoms with E-state index < -0.39 is 24.0 Å². The zero-order valence-electron chi connectivity index (χ0n) is 18.1.